The third kappa shape index (κ3) is 2.59. The number of rotatable bonds is 4. The summed E-state index contributed by atoms with van der Waals surface area (Å²) in [6.45, 7) is 4.04. The summed E-state index contributed by atoms with van der Waals surface area (Å²) >= 11 is 3.49. The van der Waals surface area contributed by atoms with Crippen LogP contribution in [0.5, 0.6) is 5.75 Å². The summed E-state index contributed by atoms with van der Waals surface area (Å²) in [5.41, 5.74) is 3.38. The van der Waals surface area contributed by atoms with Gasteiger partial charge in [0.15, 0.2) is 0 Å². The molecule has 15 heavy (non-hydrogen) atoms. The van der Waals surface area contributed by atoms with Crippen LogP contribution in [0, 0.1) is 13.8 Å². The molecule has 0 aliphatic rings. The maximum absolute atomic E-state index is 10.4. The molecule has 0 radical (unpaired) electrons. The smallest absolute Gasteiger partial charge is 0.126 e. The lowest BCUT2D eigenvalue weighted by Gasteiger charge is -2.15. The molecular weight excluding hydrogens is 256 g/mol. The molecule has 0 N–H and O–H groups in total. The summed E-state index contributed by atoms with van der Waals surface area (Å²) in [4.78, 5) is 10.4. The van der Waals surface area contributed by atoms with Gasteiger partial charge in [-0.3, -0.25) is 0 Å². The molecule has 0 bridgehead atoms. The number of hydrogen-bond acceptors (Lipinski definition) is 2. The first kappa shape index (κ1) is 12.2. The molecule has 1 aromatic carbocycles. The number of aldehydes is 1. The van der Waals surface area contributed by atoms with Gasteiger partial charge in [-0.15, -0.1) is 0 Å². The number of ether oxygens (including phenoxy) is 1. The van der Waals surface area contributed by atoms with E-state index in [9.17, 15) is 4.79 Å². The van der Waals surface area contributed by atoms with Crippen LogP contribution in [-0.4, -0.2) is 13.4 Å². The molecule has 0 amide bonds. The van der Waals surface area contributed by atoms with Gasteiger partial charge in [-0.05, 0) is 37.5 Å². The van der Waals surface area contributed by atoms with Gasteiger partial charge in [0.25, 0.3) is 0 Å². The topological polar surface area (TPSA) is 26.3 Å². The van der Waals surface area contributed by atoms with Gasteiger partial charge in [0.1, 0.15) is 12.0 Å². The molecule has 3 heteroatoms. The number of methoxy groups -OCH3 is 1. The Morgan fingerprint density at radius 3 is 2.67 bits per heavy atom. The summed E-state index contributed by atoms with van der Waals surface area (Å²) in [5.74, 6) is 0.892. The second-order valence-electron chi connectivity index (χ2n) is 3.52. The highest BCUT2D eigenvalue weighted by Gasteiger charge is 2.12. The van der Waals surface area contributed by atoms with E-state index in [1.165, 1.54) is 0 Å². The van der Waals surface area contributed by atoms with Gasteiger partial charge in [0, 0.05) is 16.5 Å². The zero-order chi connectivity index (χ0) is 11.4. The summed E-state index contributed by atoms with van der Waals surface area (Å²) in [6, 6.07) is 2.07. The maximum Gasteiger partial charge on any atom is 0.126 e. The molecule has 0 fully saturated rings. The Morgan fingerprint density at radius 2 is 2.13 bits per heavy atom. The van der Waals surface area contributed by atoms with Crippen molar-refractivity contribution in [2.45, 2.75) is 26.7 Å². The molecule has 0 aliphatic heterocycles. The molecule has 1 rings (SSSR count). The minimum atomic E-state index is 0.540. The number of aryl methyl sites for hydroxylation is 1. The highest BCUT2D eigenvalue weighted by Crippen LogP contribution is 2.33. The van der Waals surface area contributed by atoms with Gasteiger partial charge in [-0.25, -0.2) is 0 Å². The molecule has 0 unspecified atom stereocenters. The number of halogens is 1. The average molecular weight is 271 g/mol. The summed E-state index contributed by atoms with van der Waals surface area (Å²) < 4.78 is 6.44. The van der Waals surface area contributed by atoms with E-state index in [0.717, 1.165) is 39.6 Å². The summed E-state index contributed by atoms with van der Waals surface area (Å²) in [5, 5.41) is 0. The Hall–Kier alpha value is -0.830. The van der Waals surface area contributed by atoms with Crippen LogP contribution in [0.2, 0.25) is 0 Å². The van der Waals surface area contributed by atoms with Gasteiger partial charge < -0.3 is 9.53 Å². The fourth-order valence-corrected chi connectivity index (χ4v) is 2.21. The Balaban J connectivity index is 3.22. The van der Waals surface area contributed by atoms with E-state index in [4.69, 9.17) is 4.74 Å². The summed E-state index contributed by atoms with van der Waals surface area (Å²) in [7, 11) is 1.67. The third-order valence-electron chi connectivity index (χ3n) is 2.51. The van der Waals surface area contributed by atoms with Gasteiger partial charge in [-0.1, -0.05) is 15.9 Å². The Morgan fingerprint density at radius 1 is 1.47 bits per heavy atom. The molecule has 0 aliphatic carbocycles. The molecule has 0 spiro atoms. The van der Waals surface area contributed by atoms with Gasteiger partial charge >= 0.3 is 0 Å². The van der Waals surface area contributed by atoms with Crippen LogP contribution in [0.3, 0.4) is 0 Å². The molecule has 0 atom stereocenters. The van der Waals surface area contributed by atoms with E-state index in [2.05, 4.69) is 22.0 Å². The van der Waals surface area contributed by atoms with E-state index in [0.29, 0.717) is 6.42 Å². The number of carbonyl (C=O) groups excluding carboxylic acids is 1. The third-order valence-corrected chi connectivity index (χ3v) is 3.33. The fourth-order valence-electron chi connectivity index (χ4n) is 1.69. The van der Waals surface area contributed by atoms with E-state index in [1.54, 1.807) is 7.11 Å². The first-order chi connectivity index (χ1) is 7.11. The van der Waals surface area contributed by atoms with Crippen LogP contribution in [0.25, 0.3) is 0 Å². The number of carbonyl (C=O) groups is 1. The van der Waals surface area contributed by atoms with Crippen LogP contribution in [-0.2, 0) is 11.2 Å². The zero-order valence-electron chi connectivity index (χ0n) is 9.26. The molecule has 1 aromatic rings. The number of hydrogen-bond donors (Lipinski definition) is 0. The van der Waals surface area contributed by atoms with Crippen molar-refractivity contribution in [3.05, 3.63) is 27.2 Å². The van der Waals surface area contributed by atoms with Gasteiger partial charge in [0.05, 0.1) is 7.11 Å². The minimum Gasteiger partial charge on any atom is -0.496 e. The van der Waals surface area contributed by atoms with E-state index in [1.807, 2.05) is 13.8 Å². The molecular formula is C12H15BrO2. The highest BCUT2D eigenvalue weighted by molar-refractivity contribution is 9.10. The van der Waals surface area contributed by atoms with Crippen molar-refractivity contribution in [3.63, 3.8) is 0 Å². The monoisotopic (exact) mass is 270 g/mol. The lowest BCUT2D eigenvalue weighted by atomic mass is 10.00. The molecule has 2 nitrogen and oxygen atoms in total. The van der Waals surface area contributed by atoms with Crippen LogP contribution in [0.15, 0.2) is 10.5 Å². The second-order valence-corrected chi connectivity index (χ2v) is 4.37. The van der Waals surface area contributed by atoms with E-state index < -0.39 is 0 Å². The standard InChI is InChI=1S/C12H15BrO2/c1-8-7-11(13)9(2)12(15-3)10(8)5-4-6-14/h6-7H,4-5H2,1-3H3. The summed E-state index contributed by atoms with van der Waals surface area (Å²) in [6.07, 6.45) is 2.22. The SMILES string of the molecule is COc1c(C)c(Br)cc(C)c1CCC=O. The van der Waals surface area contributed by atoms with Crippen molar-refractivity contribution in [2.24, 2.45) is 0 Å². The van der Waals surface area contributed by atoms with Crippen LogP contribution < -0.4 is 4.74 Å². The molecule has 0 saturated heterocycles. The Bertz CT molecular complexity index is 372. The first-order valence-electron chi connectivity index (χ1n) is 4.88. The first-order valence-corrected chi connectivity index (χ1v) is 5.67. The van der Waals surface area contributed by atoms with Crippen LogP contribution in [0.1, 0.15) is 23.1 Å². The normalized spacial score (nSPS) is 10.1. The minimum absolute atomic E-state index is 0.540. The fraction of sp³-hybridized carbons (Fsp3) is 0.417. The molecule has 0 heterocycles. The maximum atomic E-state index is 10.4. The molecule has 0 aromatic heterocycles. The quantitative estimate of drug-likeness (QED) is 0.786. The van der Waals surface area contributed by atoms with Gasteiger partial charge in [0.2, 0.25) is 0 Å². The number of benzene rings is 1. The largest absolute Gasteiger partial charge is 0.496 e. The lowest BCUT2D eigenvalue weighted by molar-refractivity contribution is -0.107. The van der Waals surface area contributed by atoms with Crippen molar-refractivity contribution in [2.75, 3.05) is 7.11 Å². The highest BCUT2D eigenvalue weighted by atomic mass is 79.9. The van der Waals surface area contributed by atoms with E-state index >= 15 is 0 Å². The van der Waals surface area contributed by atoms with E-state index in [-0.39, 0.29) is 0 Å². The Labute approximate surface area is 98.8 Å². The predicted octanol–water partition coefficient (Wildman–Crippen LogP) is 3.21. The zero-order valence-corrected chi connectivity index (χ0v) is 10.8. The van der Waals surface area contributed by atoms with Crippen molar-refractivity contribution in [1.29, 1.82) is 0 Å². The molecule has 82 valence electrons. The van der Waals surface area contributed by atoms with Crippen molar-refractivity contribution in [3.8, 4) is 5.75 Å². The Kier molecular flexibility index (Phi) is 4.33. The lowest BCUT2D eigenvalue weighted by Crippen LogP contribution is -1.99. The van der Waals surface area contributed by atoms with Gasteiger partial charge in [-0.2, -0.15) is 0 Å². The average Bonchev–Trinajstić information content (AvgIpc) is 2.21. The van der Waals surface area contributed by atoms with Crippen LogP contribution in [0.4, 0.5) is 0 Å². The molecule has 0 saturated carbocycles. The van der Waals surface area contributed by atoms with Crippen molar-refractivity contribution in [1.82, 2.24) is 0 Å². The van der Waals surface area contributed by atoms with Crippen molar-refractivity contribution < 1.29 is 9.53 Å². The predicted molar refractivity (Wildman–Crippen MR) is 64.6 cm³/mol. The van der Waals surface area contributed by atoms with Crippen molar-refractivity contribution >= 4 is 22.2 Å². The second kappa shape index (κ2) is 5.31. The van der Waals surface area contributed by atoms with Crippen LogP contribution >= 0.6 is 15.9 Å².